The molecule has 1 aliphatic carbocycles. The van der Waals surface area contributed by atoms with Gasteiger partial charge in [-0.3, -0.25) is 0 Å². The zero-order valence-electron chi connectivity index (χ0n) is 10.2. The Bertz CT molecular complexity index is 501. The molecule has 0 radical (unpaired) electrons. The third-order valence-electron chi connectivity index (χ3n) is 3.94. The maximum Gasteiger partial charge on any atom is 0.335 e. The van der Waals surface area contributed by atoms with Crippen LogP contribution in [0.1, 0.15) is 49.0 Å². The number of hydrogen-bond acceptors (Lipinski definition) is 2. The first kappa shape index (κ1) is 10.6. The Kier molecular flexibility index (Phi) is 1.90. The van der Waals surface area contributed by atoms with E-state index < -0.39 is 5.97 Å². The van der Waals surface area contributed by atoms with Crippen LogP contribution in [0.5, 0.6) is 0 Å². The van der Waals surface area contributed by atoms with Crippen molar-refractivity contribution in [3.05, 3.63) is 29.3 Å². The van der Waals surface area contributed by atoms with Gasteiger partial charge < -0.3 is 10.4 Å². The molecule has 3 nitrogen and oxygen atoms in total. The molecule has 1 spiro atoms. The molecule has 3 rings (SSSR count). The average Bonchev–Trinajstić information content (AvgIpc) is 2.96. The zero-order valence-corrected chi connectivity index (χ0v) is 10.2. The van der Waals surface area contributed by atoms with E-state index in [0.29, 0.717) is 5.56 Å². The molecule has 0 unspecified atom stereocenters. The predicted octanol–water partition coefficient (Wildman–Crippen LogP) is 3.01. The number of anilines is 1. The summed E-state index contributed by atoms with van der Waals surface area (Å²) in [6.07, 6.45) is 3.47. The fourth-order valence-corrected chi connectivity index (χ4v) is 3.17. The lowest BCUT2D eigenvalue weighted by molar-refractivity contribution is 0.0697. The van der Waals surface area contributed by atoms with Crippen LogP contribution in [0, 0.1) is 0 Å². The smallest absolute Gasteiger partial charge is 0.335 e. The standard InChI is InChI=1S/C14H17NO2/c1-13(2)8-14(5-6-14)10-7-9(12(16)17)3-4-11(10)15-13/h3-4,7,15H,5-6,8H2,1-2H3,(H,16,17). The first-order valence-electron chi connectivity index (χ1n) is 6.08. The molecule has 1 aliphatic heterocycles. The lowest BCUT2D eigenvalue weighted by Gasteiger charge is -2.39. The summed E-state index contributed by atoms with van der Waals surface area (Å²) in [5.74, 6) is -0.839. The Labute approximate surface area is 101 Å². The van der Waals surface area contributed by atoms with Crippen LogP contribution in [-0.4, -0.2) is 16.6 Å². The van der Waals surface area contributed by atoms with Gasteiger partial charge >= 0.3 is 5.97 Å². The van der Waals surface area contributed by atoms with Gasteiger partial charge in [0.25, 0.3) is 0 Å². The molecule has 90 valence electrons. The van der Waals surface area contributed by atoms with Crippen LogP contribution < -0.4 is 5.32 Å². The molecule has 2 aliphatic rings. The molecule has 0 atom stereocenters. The average molecular weight is 231 g/mol. The molecule has 1 fully saturated rings. The number of hydrogen-bond donors (Lipinski definition) is 2. The third-order valence-corrected chi connectivity index (χ3v) is 3.94. The summed E-state index contributed by atoms with van der Waals surface area (Å²) < 4.78 is 0. The second kappa shape index (κ2) is 3.03. The van der Waals surface area contributed by atoms with Gasteiger partial charge in [0, 0.05) is 11.2 Å². The van der Waals surface area contributed by atoms with Gasteiger partial charge in [-0.25, -0.2) is 4.79 Å². The van der Waals surface area contributed by atoms with Crippen LogP contribution in [0.2, 0.25) is 0 Å². The number of carboxylic acids is 1. The van der Waals surface area contributed by atoms with Crippen LogP contribution in [0.15, 0.2) is 18.2 Å². The van der Waals surface area contributed by atoms with E-state index in [1.54, 1.807) is 6.07 Å². The minimum atomic E-state index is -0.839. The van der Waals surface area contributed by atoms with Gasteiger partial charge in [0.15, 0.2) is 0 Å². The number of benzene rings is 1. The Morgan fingerprint density at radius 3 is 2.65 bits per heavy atom. The fourth-order valence-electron chi connectivity index (χ4n) is 3.17. The van der Waals surface area contributed by atoms with Gasteiger partial charge in [0.2, 0.25) is 0 Å². The van der Waals surface area contributed by atoms with Crippen LogP contribution in [0.4, 0.5) is 5.69 Å². The van der Waals surface area contributed by atoms with Crippen molar-refractivity contribution >= 4 is 11.7 Å². The van der Waals surface area contributed by atoms with E-state index in [1.807, 2.05) is 12.1 Å². The zero-order chi connectivity index (χ0) is 12.3. The van der Waals surface area contributed by atoms with Crippen molar-refractivity contribution in [2.24, 2.45) is 0 Å². The van der Waals surface area contributed by atoms with Crippen LogP contribution in [0.25, 0.3) is 0 Å². The van der Waals surface area contributed by atoms with Crippen molar-refractivity contribution in [3.63, 3.8) is 0 Å². The number of carboxylic acid groups (broad SMARTS) is 1. The number of fused-ring (bicyclic) bond motifs is 2. The normalized spacial score (nSPS) is 22.7. The van der Waals surface area contributed by atoms with Crippen molar-refractivity contribution in [2.45, 2.75) is 44.1 Å². The highest BCUT2D eigenvalue weighted by molar-refractivity contribution is 5.89. The van der Waals surface area contributed by atoms with Gasteiger partial charge in [-0.1, -0.05) is 0 Å². The Morgan fingerprint density at radius 1 is 1.35 bits per heavy atom. The molecule has 0 amide bonds. The number of carbonyl (C=O) groups is 1. The summed E-state index contributed by atoms with van der Waals surface area (Å²) >= 11 is 0. The van der Waals surface area contributed by atoms with Crippen molar-refractivity contribution in [2.75, 3.05) is 5.32 Å². The van der Waals surface area contributed by atoms with E-state index in [2.05, 4.69) is 19.2 Å². The molecule has 1 aromatic rings. The lowest BCUT2D eigenvalue weighted by Crippen LogP contribution is -2.40. The quantitative estimate of drug-likeness (QED) is 0.781. The number of nitrogens with one attached hydrogen (secondary N) is 1. The van der Waals surface area contributed by atoms with Crippen molar-refractivity contribution < 1.29 is 9.90 Å². The highest BCUT2D eigenvalue weighted by Crippen LogP contribution is 2.58. The highest BCUT2D eigenvalue weighted by Gasteiger charge is 2.51. The van der Waals surface area contributed by atoms with Gasteiger partial charge in [-0.15, -0.1) is 0 Å². The minimum Gasteiger partial charge on any atom is -0.478 e. The monoisotopic (exact) mass is 231 g/mol. The van der Waals surface area contributed by atoms with E-state index in [1.165, 1.54) is 18.4 Å². The number of rotatable bonds is 1. The summed E-state index contributed by atoms with van der Waals surface area (Å²) in [7, 11) is 0. The van der Waals surface area contributed by atoms with E-state index in [0.717, 1.165) is 12.1 Å². The van der Waals surface area contributed by atoms with Gasteiger partial charge in [-0.05, 0) is 62.3 Å². The van der Waals surface area contributed by atoms with Crippen molar-refractivity contribution in [3.8, 4) is 0 Å². The van der Waals surface area contributed by atoms with E-state index in [-0.39, 0.29) is 11.0 Å². The summed E-state index contributed by atoms with van der Waals surface area (Å²) in [5.41, 5.74) is 3.07. The summed E-state index contributed by atoms with van der Waals surface area (Å²) in [5, 5.41) is 12.6. The first-order chi connectivity index (χ1) is 7.92. The summed E-state index contributed by atoms with van der Waals surface area (Å²) in [6, 6.07) is 5.46. The third kappa shape index (κ3) is 1.61. The second-order valence-corrected chi connectivity index (χ2v) is 6.03. The van der Waals surface area contributed by atoms with Gasteiger partial charge in [0.05, 0.1) is 5.56 Å². The molecule has 0 saturated heterocycles. The van der Waals surface area contributed by atoms with Gasteiger partial charge in [0.1, 0.15) is 0 Å². The molecule has 1 saturated carbocycles. The topological polar surface area (TPSA) is 49.3 Å². The van der Waals surface area contributed by atoms with E-state index >= 15 is 0 Å². The molecule has 17 heavy (non-hydrogen) atoms. The molecule has 1 heterocycles. The van der Waals surface area contributed by atoms with Crippen LogP contribution >= 0.6 is 0 Å². The minimum absolute atomic E-state index is 0.105. The Hall–Kier alpha value is -1.51. The molecule has 0 aromatic heterocycles. The maximum absolute atomic E-state index is 11.0. The molecule has 2 N–H and O–H groups in total. The van der Waals surface area contributed by atoms with Crippen LogP contribution in [-0.2, 0) is 5.41 Å². The maximum atomic E-state index is 11.0. The molecule has 0 bridgehead atoms. The lowest BCUT2D eigenvalue weighted by atomic mass is 9.78. The fraction of sp³-hybridized carbons (Fsp3) is 0.500. The van der Waals surface area contributed by atoms with E-state index in [9.17, 15) is 4.79 Å². The Morgan fingerprint density at radius 2 is 2.06 bits per heavy atom. The molecule has 3 heteroatoms. The summed E-state index contributed by atoms with van der Waals surface area (Å²) in [6.45, 7) is 4.42. The van der Waals surface area contributed by atoms with Crippen molar-refractivity contribution in [1.29, 1.82) is 0 Å². The van der Waals surface area contributed by atoms with Gasteiger partial charge in [-0.2, -0.15) is 0 Å². The second-order valence-electron chi connectivity index (χ2n) is 6.03. The molecule has 1 aromatic carbocycles. The SMILES string of the molecule is CC1(C)CC2(CC2)c2cc(C(=O)O)ccc2N1. The highest BCUT2D eigenvalue weighted by atomic mass is 16.4. The molecular formula is C14H17NO2. The molecular weight excluding hydrogens is 214 g/mol. The first-order valence-corrected chi connectivity index (χ1v) is 6.08. The Balaban J connectivity index is 2.11. The summed E-state index contributed by atoms with van der Waals surface area (Å²) in [4.78, 5) is 11.0. The number of aromatic carboxylic acids is 1. The van der Waals surface area contributed by atoms with Crippen LogP contribution in [0.3, 0.4) is 0 Å². The largest absolute Gasteiger partial charge is 0.478 e. The van der Waals surface area contributed by atoms with Crippen molar-refractivity contribution in [1.82, 2.24) is 0 Å². The van der Waals surface area contributed by atoms with E-state index in [4.69, 9.17) is 5.11 Å². The predicted molar refractivity (Wildman–Crippen MR) is 66.6 cm³/mol.